The van der Waals surface area contributed by atoms with E-state index in [1.165, 1.54) is 11.1 Å². The molecule has 2 aliphatic heterocycles. The van der Waals surface area contributed by atoms with Gasteiger partial charge in [0.25, 0.3) is 0 Å². The Morgan fingerprint density at radius 2 is 2.04 bits per heavy atom. The van der Waals surface area contributed by atoms with Crippen LogP contribution in [0.4, 0.5) is 0 Å². The third-order valence-electron chi connectivity index (χ3n) is 9.24. The third kappa shape index (κ3) is 1.33. The molecule has 0 N–H and O–H groups in total. The van der Waals surface area contributed by atoms with Crippen LogP contribution in [0.5, 0.6) is 11.5 Å². The van der Waals surface area contributed by atoms with E-state index in [1.807, 2.05) is 7.11 Å². The van der Waals surface area contributed by atoms with E-state index in [2.05, 4.69) is 50.1 Å². The zero-order valence-corrected chi connectivity index (χ0v) is 17.0. The molecule has 1 aromatic rings. The van der Waals surface area contributed by atoms with Crippen LogP contribution in [0, 0.1) is 11.3 Å². The highest BCUT2D eigenvalue weighted by atomic mass is 16.6. The molecule has 0 aromatic heterocycles. The van der Waals surface area contributed by atoms with Crippen molar-refractivity contribution in [1.29, 1.82) is 0 Å². The van der Waals surface area contributed by atoms with Crippen molar-refractivity contribution in [3.05, 3.63) is 35.4 Å². The number of fused-ring (bicyclic) bond motifs is 1. The molecule has 6 aliphatic rings. The fourth-order valence-electron chi connectivity index (χ4n) is 8.26. The second-order valence-corrected chi connectivity index (χ2v) is 9.60. The van der Waals surface area contributed by atoms with Crippen molar-refractivity contribution in [3.63, 3.8) is 0 Å². The number of likely N-dealkylation sites (N-methyl/N-ethyl adjacent to an activating group) is 1. The Morgan fingerprint density at radius 3 is 2.74 bits per heavy atom. The lowest BCUT2D eigenvalue weighted by atomic mass is 9.34. The van der Waals surface area contributed by atoms with Crippen LogP contribution < -0.4 is 9.47 Å². The van der Waals surface area contributed by atoms with E-state index in [4.69, 9.17) is 14.2 Å². The van der Waals surface area contributed by atoms with Gasteiger partial charge >= 0.3 is 0 Å². The molecule has 2 heterocycles. The number of nitrogens with zero attached hydrogens (tertiary/aromatic N) is 1. The molecule has 6 atom stereocenters. The topological polar surface area (TPSA) is 30.9 Å². The second-order valence-electron chi connectivity index (χ2n) is 9.60. The molecule has 7 rings (SSSR count). The van der Waals surface area contributed by atoms with Crippen LogP contribution in [-0.2, 0) is 16.6 Å². The molecule has 1 saturated heterocycles. The average Bonchev–Trinajstić information content (AvgIpc) is 2.94. The Bertz CT molecular complexity index is 896. The quantitative estimate of drug-likeness (QED) is 0.751. The Kier molecular flexibility index (Phi) is 2.77. The predicted molar refractivity (Wildman–Crippen MR) is 104 cm³/mol. The second kappa shape index (κ2) is 4.55. The minimum absolute atomic E-state index is 0.0497. The maximum absolute atomic E-state index is 7.00. The van der Waals surface area contributed by atoms with Gasteiger partial charge < -0.3 is 19.1 Å². The summed E-state index contributed by atoms with van der Waals surface area (Å²) in [5.41, 5.74) is 2.08. The minimum atomic E-state index is -0.424. The first kappa shape index (κ1) is 16.4. The lowest BCUT2D eigenvalue weighted by molar-refractivity contribution is -0.257. The van der Waals surface area contributed by atoms with Crippen molar-refractivity contribution in [2.24, 2.45) is 11.3 Å². The standard InChI is InChI=1S/C23H29NO3/c1-14-13-21-8-9-23(14,26-5)20(2)22(21)10-11-24(3)17(21)12-15-6-7-16(25-4)19(27-20)18(15)22/h6-9,14,17H,10-13H2,1-5H3. The van der Waals surface area contributed by atoms with E-state index in [9.17, 15) is 0 Å². The van der Waals surface area contributed by atoms with Crippen LogP contribution >= 0.6 is 0 Å². The van der Waals surface area contributed by atoms with E-state index >= 15 is 0 Å². The van der Waals surface area contributed by atoms with Gasteiger partial charge in [-0.05, 0) is 57.3 Å². The van der Waals surface area contributed by atoms with Gasteiger partial charge in [0.1, 0.15) is 11.2 Å². The van der Waals surface area contributed by atoms with Crippen LogP contribution in [0.1, 0.15) is 37.8 Å². The summed E-state index contributed by atoms with van der Waals surface area (Å²) in [6, 6.07) is 4.88. The van der Waals surface area contributed by atoms with E-state index in [-0.39, 0.29) is 10.8 Å². The van der Waals surface area contributed by atoms with Crippen molar-refractivity contribution in [2.45, 2.75) is 55.8 Å². The van der Waals surface area contributed by atoms with Gasteiger partial charge in [0, 0.05) is 24.1 Å². The summed E-state index contributed by atoms with van der Waals surface area (Å²) < 4.78 is 19.1. The van der Waals surface area contributed by atoms with E-state index in [1.54, 1.807) is 7.11 Å². The molecule has 144 valence electrons. The molecule has 2 fully saturated rings. The van der Waals surface area contributed by atoms with Gasteiger partial charge in [0.2, 0.25) is 0 Å². The zero-order chi connectivity index (χ0) is 18.8. The number of methoxy groups -OCH3 is 2. The van der Waals surface area contributed by atoms with Crippen LogP contribution in [0.15, 0.2) is 24.3 Å². The van der Waals surface area contributed by atoms with Crippen LogP contribution in [0.3, 0.4) is 0 Å². The van der Waals surface area contributed by atoms with E-state index < -0.39 is 11.2 Å². The molecule has 4 nitrogen and oxygen atoms in total. The van der Waals surface area contributed by atoms with Crippen LogP contribution in [0.25, 0.3) is 0 Å². The minimum Gasteiger partial charge on any atom is -0.493 e. The number of rotatable bonds is 2. The summed E-state index contributed by atoms with van der Waals surface area (Å²) >= 11 is 0. The highest BCUT2D eigenvalue weighted by Gasteiger charge is 2.83. The van der Waals surface area contributed by atoms with Gasteiger partial charge in [0.15, 0.2) is 11.5 Å². The molecule has 4 bridgehead atoms. The molecule has 4 heteroatoms. The van der Waals surface area contributed by atoms with Crippen molar-refractivity contribution in [1.82, 2.24) is 4.90 Å². The molecule has 2 spiro atoms. The third-order valence-corrected chi connectivity index (χ3v) is 9.24. The Balaban J connectivity index is 1.78. The SMILES string of the molecule is COc1ccc2c3c1OC1(C)C4(OC)C=CC5(CC4C)C(C2)N(C)CCC351. The molecule has 6 unspecified atom stereocenters. The van der Waals surface area contributed by atoms with Gasteiger partial charge in [-0.2, -0.15) is 0 Å². The highest BCUT2D eigenvalue weighted by Crippen LogP contribution is 2.78. The number of likely N-dealkylation sites (tertiary alicyclic amines) is 1. The largest absolute Gasteiger partial charge is 0.493 e. The lowest BCUT2D eigenvalue weighted by Gasteiger charge is -2.74. The Labute approximate surface area is 161 Å². The summed E-state index contributed by atoms with van der Waals surface area (Å²) in [5.74, 6) is 2.25. The smallest absolute Gasteiger partial charge is 0.166 e. The molecular formula is C23H29NO3. The fraction of sp³-hybridized carbons (Fsp3) is 0.652. The molecule has 1 aromatic carbocycles. The van der Waals surface area contributed by atoms with Crippen molar-refractivity contribution in [3.8, 4) is 11.5 Å². The first-order chi connectivity index (χ1) is 12.9. The van der Waals surface area contributed by atoms with Crippen molar-refractivity contribution >= 4 is 0 Å². The zero-order valence-electron chi connectivity index (χ0n) is 17.0. The first-order valence-electron chi connectivity index (χ1n) is 10.3. The molecule has 0 radical (unpaired) electrons. The van der Waals surface area contributed by atoms with E-state index in [0.29, 0.717) is 12.0 Å². The maximum atomic E-state index is 7.00. The van der Waals surface area contributed by atoms with Gasteiger partial charge in [0.05, 0.1) is 12.5 Å². The summed E-state index contributed by atoms with van der Waals surface area (Å²) in [4.78, 5) is 2.60. The van der Waals surface area contributed by atoms with Crippen LogP contribution in [0.2, 0.25) is 0 Å². The maximum Gasteiger partial charge on any atom is 0.166 e. The molecule has 1 saturated carbocycles. The summed E-state index contributed by atoms with van der Waals surface area (Å²) in [6.07, 6.45) is 8.22. The van der Waals surface area contributed by atoms with Gasteiger partial charge in [-0.15, -0.1) is 0 Å². The fourth-order valence-corrected chi connectivity index (χ4v) is 8.26. The molecule has 27 heavy (non-hydrogen) atoms. The van der Waals surface area contributed by atoms with Gasteiger partial charge in [-0.1, -0.05) is 25.1 Å². The van der Waals surface area contributed by atoms with Gasteiger partial charge in [-0.25, -0.2) is 0 Å². The Hall–Kier alpha value is -1.52. The van der Waals surface area contributed by atoms with Crippen molar-refractivity contribution in [2.75, 3.05) is 27.8 Å². The summed E-state index contributed by atoms with van der Waals surface area (Å²) in [6.45, 7) is 5.77. The number of hydrogen-bond donors (Lipinski definition) is 0. The summed E-state index contributed by atoms with van der Waals surface area (Å²) in [5, 5.41) is 0. The number of hydrogen-bond acceptors (Lipinski definition) is 4. The van der Waals surface area contributed by atoms with Gasteiger partial charge in [-0.3, -0.25) is 0 Å². The highest BCUT2D eigenvalue weighted by molar-refractivity contribution is 5.67. The molecular weight excluding hydrogens is 338 g/mol. The average molecular weight is 367 g/mol. The number of ether oxygens (including phenoxy) is 3. The summed E-state index contributed by atoms with van der Waals surface area (Å²) in [7, 11) is 5.92. The lowest BCUT2D eigenvalue weighted by Crippen LogP contribution is -2.83. The Morgan fingerprint density at radius 1 is 1.22 bits per heavy atom. The van der Waals surface area contributed by atoms with Crippen molar-refractivity contribution < 1.29 is 14.2 Å². The predicted octanol–water partition coefficient (Wildman–Crippen LogP) is 3.33. The monoisotopic (exact) mass is 367 g/mol. The normalized spacial score (nSPS) is 48.3. The molecule has 0 amide bonds. The number of benzene rings is 1. The number of piperidine rings is 1. The van der Waals surface area contributed by atoms with Crippen LogP contribution in [-0.4, -0.2) is 50.0 Å². The molecule has 4 aliphatic carbocycles. The van der Waals surface area contributed by atoms with E-state index in [0.717, 1.165) is 37.3 Å². The first-order valence-corrected chi connectivity index (χ1v) is 10.3.